The maximum Gasteiger partial charge on any atom is 2.00 e. The Morgan fingerprint density at radius 3 is 1.61 bits per heavy atom. The van der Waals surface area contributed by atoms with Crippen LogP contribution in [0.2, 0.25) is 0 Å². The second-order valence-corrected chi connectivity index (χ2v) is 5.37. The summed E-state index contributed by atoms with van der Waals surface area (Å²) in [6, 6.07) is 0. The minimum Gasteiger partial charge on any atom is -0.481 e. The van der Waals surface area contributed by atoms with Crippen LogP contribution in [0.3, 0.4) is 0 Å². The molecule has 0 amide bonds. The van der Waals surface area contributed by atoms with E-state index in [1.54, 1.807) is 0 Å². The zero-order valence-corrected chi connectivity index (χ0v) is 17.0. The fourth-order valence-corrected chi connectivity index (χ4v) is 1.93. The molecule has 0 rings (SSSR count). The standard InChI is InChI=1S/C20H32O2.Ca/c1-2-3-4-5-6-7-8-9-10-11-12-13-14-15-16-17-18-19-20(21)22;/h6-7,9-10,12-13,15-16H,2-5,8,11,14,17-19H2,1H3,(H,21,22);/q;+2/b7-6-,10-9-,13-12-,16-15-;. The molecule has 0 saturated carbocycles. The van der Waals surface area contributed by atoms with Crippen molar-refractivity contribution in [2.75, 3.05) is 0 Å². The van der Waals surface area contributed by atoms with Crippen molar-refractivity contribution in [3.63, 3.8) is 0 Å². The molecule has 0 radical (unpaired) electrons. The van der Waals surface area contributed by atoms with Crippen LogP contribution in [0.15, 0.2) is 48.6 Å². The molecule has 0 aromatic heterocycles. The largest absolute Gasteiger partial charge is 2.00 e. The molecule has 1 N–H and O–H groups in total. The SMILES string of the molecule is CCCCC/C=C\C/C=C\C/C=C\C/C=C\CCCC(=O)O.[Ca+2]. The van der Waals surface area contributed by atoms with Crippen molar-refractivity contribution in [3.05, 3.63) is 48.6 Å². The zero-order chi connectivity index (χ0) is 16.3. The van der Waals surface area contributed by atoms with Crippen LogP contribution >= 0.6 is 0 Å². The maximum atomic E-state index is 10.3. The molecule has 0 spiro atoms. The Balaban J connectivity index is 0. The van der Waals surface area contributed by atoms with E-state index in [1.165, 1.54) is 25.7 Å². The monoisotopic (exact) mass is 344 g/mol. The van der Waals surface area contributed by atoms with E-state index in [2.05, 4.69) is 55.5 Å². The van der Waals surface area contributed by atoms with E-state index in [4.69, 9.17) is 5.11 Å². The molecule has 0 unspecified atom stereocenters. The normalized spacial score (nSPS) is 11.9. The van der Waals surface area contributed by atoms with E-state index in [0.717, 1.165) is 32.1 Å². The Hall–Kier alpha value is -0.310. The summed E-state index contributed by atoms with van der Waals surface area (Å²) in [7, 11) is 0. The second-order valence-electron chi connectivity index (χ2n) is 5.37. The van der Waals surface area contributed by atoms with Gasteiger partial charge in [0.15, 0.2) is 0 Å². The summed E-state index contributed by atoms with van der Waals surface area (Å²) in [5.41, 5.74) is 0. The van der Waals surface area contributed by atoms with Crippen LogP contribution in [0.4, 0.5) is 0 Å². The molecular weight excluding hydrogens is 312 g/mol. The van der Waals surface area contributed by atoms with Crippen LogP contribution in [0.25, 0.3) is 0 Å². The summed E-state index contributed by atoms with van der Waals surface area (Å²) in [5, 5.41) is 8.49. The van der Waals surface area contributed by atoms with Gasteiger partial charge in [0.2, 0.25) is 0 Å². The van der Waals surface area contributed by atoms with E-state index < -0.39 is 5.97 Å². The van der Waals surface area contributed by atoms with Gasteiger partial charge in [-0.05, 0) is 44.9 Å². The molecule has 0 aromatic rings. The molecule has 0 aromatic carbocycles. The van der Waals surface area contributed by atoms with Gasteiger partial charge in [0, 0.05) is 6.42 Å². The van der Waals surface area contributed by atoms with E-state index >= 15 is 0 Å². The first kappa shape index (κ1) is 24.9. The van der Waals surface area contributed by atoms with Crippen LogP contribution < -0.4 is 0 Å². The number of aliphatic carboxylic acids is 1. The number of carboxylic acid groups (broad SMARTS) is 1. The number of carboxylic acids is 1. The Labute approximate surface area is 172 Å². The molecule has 0 aliphatic heterocycles. The summed E-state index contributed by atoms with van der Waals surface area (Å²) in [5.74, 6) is -0.712. The van der Waals surface area contributed by atoms with Gasteiger partial charge in [0.25, 0.3) is 0 Å². The number of allylic oxidation sites excluding steroid dienone is 8. The van der Waals surface area contributed by atoms with Gasteiger partial charge >= 0.3 is 43.7 Å². The van der Waals surface area contributed by atoms with Gasteiger partial charge in [0.1, 0.15) is 0 Å². The first-order valence-corrected chi connectivity index (χ1v) is 8.59. The van der Waals surface area contributed by atoms with E-state index in [9.17, 15) is 4.79 Å². The fraction of sp³-hybridized carbons (Fsp3) is 0.550. The van der Waals surface area contributed by atoms with Crippen molar-refractivity contribution in [1.82, 2.24) is 0 Å². The Morgan fingerprint density at radius 2 is 1.17 bits per heavy atom. The quantitative estimate of drug-likeness (QED) is 0.244. The average Bonchev–Trinajstić information content (AvgIpc) is 2.50. The molecule has 0 aliphatic carbocycles. The molecule has 0 atom stereocenters. The Bertz CT molecular complexity index is 368. The molecule has 0 fully saturated rings. The minimum absolute atomic E-state index is 0. The predicted octanol–water partition coefficient (Wildman–Crippen LogP) is 5.84. The molecule has 0 aliphatic rings. The Morgan fingerprint density at radius 1 is 0.739 bits per heavy atom. The number of unbranched alkanes of at least 4 members (excludes halogenated alkanes) is 4. The molecule has 23 heavy (non-hydrogen) atoms. The van der Waals surface area contributed by atoms with Gasteiger partial charge in [-0.25, -0.2) is 0 Å². The minimum atomic E-state index is -0.712. The summed E-state index contributed by atoms with van der Waals surface area (Å²) >= 11 is 0. The average molecular weight is 345 g/mol. The molecule has 0 heterocycles. The third-order valence-corrected chi connectivity index (χ3v) is 3.22. The molecule has 124 valence electrons. The van der Waals surface area contributed by atoms with Crippen molar-refractivity contribution in [2.45, 2.75) is 71.1 Å². The third-order valence-electron chi connectivity index (χ3n) is 3.22. The summed E-state index contributed by atoms with van der Waals surface area (Å²) in [4.78, 5) is 10.3. The van der Waals surface area contributed by atoms with Gasteiger partial charge < -0.3 is 5.11 Å². The van der Waals surface area contributed by atoms with Gasteiger partial charge in [0.05, 0.1) is 0 Å². The van der Waals surface area contributed by atoms with Gasteiger partial charge in [-0.2, -0.15) is 0 Å². The molecular formula is C20H32CaO2+2. The topological polar surface area (TPSA) is 37.3 Å². The van der Waals surface area contributed by atoms with Gasteiger partial charge in [-0.1, -0.05) is 68.4 Å². The van der Waals surface area contributed by atoms with Crippen LogP contribution in [0.5, 0.6) is 0 Å². The second kappa shape index (κ2) is 21.7. The fourth-order valence-electron chi connectivity index (χ4n) is 1.93. The van der Waals surface area contributed by atoms with Crippen molar-refractivity contribution < 1.29 is 9.90 Å². The number of hydrogen-bond donors (Lipinski definition) is 1. The van der Waals surface area contributed by atoms with Gasteiger partial charge in [-0.15, -0.1) is 0 Å². The number of rotatable bonds is 14. The smallest absolute Gasteiger partial charge is 0.481 e. The molecule has 0 saturated heterocycles. The maximum absolute atomic E-state index is 10.3. The van der Waals surface area contributed by atoms with E-state index in [0.29, 0.717) is 0 Å². The van der Waals surface area contributed by atoms with Crippen LogP contribution in [-0.4, -0.2) is 48.8 Å². The van der Waals surface area contributed by atoms with Crippen molar-refractivity contribution >= 4 is 43.7 Å². The van der Waals surface area contributed by atoms with E-state index in [1.807, 2.05) is 0 Å². The molecule has 0 bridgehead atoms. The number of carbonyl (C=O) groups is 1. The van der Waals surface area contributed by atoms with Crippen molar-refractivity contribution in [2.24, 2.45) is 0 Å². The van der Waals surface area contributed by atoms with Crippen molar-refractivity contribution in [1.29, 1.82) is 0 Å². The van der Waals surface area contributed by atoms with Gasteiger partial charge in [-0.3, -0.25) is 4.79 Å². The van der Waals surface area contributed by atoms with E-state index in [-0.39, 0.29) is 44.2 Å². The first-order valence-electron chi connectivity index (χ1n) is 8.59. The predicted molar refractivity (Wildman–Crippen MR) is 102 cm³/mol. The summed E-state index contributed by atoms with van der Waals surface area (Å²) in [6.45, 7) is 2.23. The van der Waals surface area contributed by atoms with Crippen LogP contribution in [0.1, 0.15) is 71.1 Å². The summed E-state index contributed by atoms with van der Waals surface area (Å²) < 4.78 is 0. The van der Waals surface area contributed by atoms with Crippen LogP contribution in [0, 0.1) is 0 Å². The zero-order valence-electron chi connectivity index (χ0n) is 14.8. The van der Waals surface area contributed by atoms with Crippen LogP contribution in [-0.2, 0) is 4.79 Å². The van der Waals surface area contributed by atoms with Crippen molar-refractivity contribution in [3.8, 4) is 0 Å². The first-order chi connectivity index (χ1) is 10.8. The molecule has 2 nitrogen and oxygen atoms in total. The summed E-state index contributed by atoms with van der Waals surface area (Å²) in [6.07, 6.45) is 27.3. The third kappa shape index (κ3) is 24.1. The Kier molecular flexibility index (Phi) is 23.5. The molecule has 3 heteroatoms. The number of hydrogen-bond acceptors (Lipinski definition) is 1.